The van der Waals surface area contributed by atoms with Gasteiger partial charge in [-0.1, -0.05) is 18.2 Å². The largest absolute Gasteiger partial charge is 0.486 e. The molecule has 4 rings (SSSR count). The number of sulfonamides is 1. The number of nitrogens with one attached hydrogen (secondary N) is 2. The minimum atomic E-state index is -3.81. The lowest BCUT2D eigenvalue weighted by molar-refractivity contribution is 0.102. The maximum Gasteiger partial charge on any atom is 0.262 e. The van der Waals surface area contributed by atoms with Crippen molar-refractivity contribution in [3.63, 3.8) is 0 Å². The van der Waals surface area contributed by atoms with Crippen LogP contribution in [0.25, 0.3) is 0 Å². The van der Waals surface area contributed by atoms with Crippen LogP contribution >= 0.6 is 0 Å². The molecule has 0 radical (unpaired) electrons. The molecule has 3 aromatic carbocycles. The van der Waals surface area contributed by atoms with Gasteiger partial charge in [0.2, 0.25) is 0 Å². The number of amides is 1. The molecule has 1 heterocycles. The van der Waals surface area contributed by atoms with Crippen LogP contribution in [0.4, 0.5) is 11.4 Å². The van der Waals surface area contributed by atoms with Gasteiger partial charge >= 0.3 is 0 Å². The molecule has 29 heavy (non-hydrogen) atoms. The molecule has 0 aromatic heterocycles. The number of carbonyl (C=O) groups is 1. The average molecular weight is 410 g/mol. The Balaban J connectivity index is 1.47. The molecular weight excluding hydrogens is 392 g/mol. The Hall–Kier alpha value is -3.52. The van der Waals surface area contributed by atoms with Crippen LogP contribution in [-0.4, -0.2) is 27.5 Å². The summed E-state index contributed by atoms with van der Waals surface area (Å²) in [4.78, 5) is 12.4. The van der Waals surface area contributed by atoms with E-state index in [4.69, 9.17) is 9.47 Å². The molecule has 1 aliphatic rings. The van der Waals surface area contributed by atoms with E-state index >= 15 is 0 Å². The lowest BCUT2D eigenvalue weighted by Gasteiger charge is -2.19. The quantitative estimate of drug-likeness (QED) is 0.671. The SMILES string of the molecule is O=C(Nc1ccccc1)c1ccc(NS(=O)(=O)c2ccc3c(c2)OCCO3)cc1. The number of benzene rings is 3. The van der Waals surface area contributed by atoms with Crippen LogP contribution in [0.15, 0.2) is 77.7 Å². The smallest absolute Gasteiger partial charge is 0.262 e. The lowest BCUT2D eigenvalue weighted by atomic mass is 10.2. The minimum absolute atomic E-state index is 0.0626. The molecule has 1 aliphatic heterocycles. The van der Waals surface area contributed by atoms with E-state index in [2.05, 4.69) is 10.0 Å². The highest BCUT2D eigenvalue weighted by Crippen LogP contribution is 2.32. The zero-order chi connectivity index (χ0) is 20.3. The van der Waals surface area contributed by atoms with E-state index in [-0.39, 0.29) is 10.8 Å². The molecule has 1 amide bonds. The van der Waals surface area contributed by atoms with Gasteiger partial charge in [-0.05, 0) is 48.5 Å². The molecule has 0 fully saturated rings. The summed E-state index contributed by atoms with van der Waals surface area (Å²) >= 11 is 0. The van der Waals surface area contributed by atoms with Crippen molar-refractivity contribution in [3.8, 4) is 11.5 Å². The molecule has 0 saturated heterocycles. The number of hydrogen-bond donors (Lipinski definition) is 2. The molecule has 0 atom stereocenters. The number of hydrogen-bond acceptors (Lipinski definition) is 5. The van der Waals surface area contributed by atoms with E-state index in [9.17, 15) is 13.2 Å². The molecule has 7 nitrogen and oxygen atoms in total. The second-order valence-corrected chi connectivity index (χ2v) is 7.99. The Morgan fingerprint density at radius 2 is 1.48 bits per heavy atom. The predicted molar refractivity (Wildman–Crippen MR) is 109 cm³/mol. The van der Waals surface area contributed by atoms with E-state index in [1.165, 1.54) is 24.3 Å². The summed E-state index contributed by atoms with van der Waals surface area (Å²) in [6, 6.07) is 19.7. The van der Waals surface area contributed by atoms with Crippen molar-refractivity contribution in [1.29, 1.82) is 0 Å². The Bertz CT molecular complexity index is 1130. The predicted octanol–water partition coefficient (Wildman–Crippen LogP) is 3.51. The van der Waals surface area contributed by atoms with Crippen molar-refractivity contribution in [2.75, 3.05) is 23.3 Å². The van der Waals surface area contributed by atoms with Crippen LogP contribution in [0.3, 0.4) is 0 Å². The zero-order valence-corrected chi connectivity index (χ0v) is 16.1. The van der Waals surface area contributed by atoms with E-state index in [1.807, 2.05) is 18.2 Å². The third-order valence-corrected chi connectivity index (χ3v) is 5.63. The topological polar surface area (TPSA) is 93.7 Å². The van der Waals surface area contributed by atoms with Gasteiger partial charge in [-0.3, -0.25) is 9.52 Å². The van der Waals surface area contributed by atoms with Crippen LogP contribution in [0.2, 0.25) is 0 Å². The molecule has 0 saturated carbocycles. The number of carbonyl (C=O) groups excluding carboxylic acids is 1. The number of ether oxygens (including phenoxy) is 2. The van der Waals surface area contributed by atoms with Crippen molar-refractivity contribution in [2.24, 2.45) is 0 Å². The molecular formula is C21H18N2O5S. The molecule has 3 aromatic rings. The van der Waals surface area contributed by atoms with Gasteiger partial charge in [-0.2, -0.15) is 0 Å². The highest BCUT2D eigenvalue weighted by molar-refractivity contribution is 7.92. The van der Waals surface area contributed by atoms with Crippen molar-refractivity contribution >= 4 is 27.3 Å². The Labute approximate surface area is 168 Å². The monoisotopic (exact) mass is 410 g/mol. The summed E-state index contributed by atoms with van der Waals surface area (Å²) in [5.41, 5.74) is 1.44. The average Bonchev–Trinajstić information content (AvgIpc) is 2.74. The second-order valence-electron chi connectivity index (χ2n) is 6.31. The summed E-state index contributed by atoms with van der Waals surface area (Å²) in [5, 5.41) is 2.78. The van der Waals surface area contributed by atoms with Gasteiger partial charge in [0.1, 0.15) is 13.2 Å². The number of fused-ring (bicyclic) bond motifs is 1. The third kappa shape index (κ3) is 4.33. The molecule has 8 heteroatoms. The second kappa shape index (κ2) is 7.84. The standard InChI is InChI=1S/C21H18N2O5S/c24-21(22-16-4-2-1-3-5-16)15-6-8-17(9-7-15)23-29(25,26)18-10-11-19-20(14-18)28-13-12-27-19/h1-11,14,23H,12-13H2,(H,22,24). The van der Waals surface area contributed by atoms with Crippen LogP contribution in [-0.2, 0) is 10.0 Å². The highest BCUT2D eigenvalue weighted by Gasteiger charge is 2.19. The van der Waals surface area contributed by atoms with E-state index < -0.39 is 10.0 Å². The van der Waals surface area contributed by atoms with Crippen LogP contribution in [0, 0.1) is 0 Å². The number of anilines is 2. The molecule has 2 N–H and O–H groups in total. The number of rotatable bonds is 5. The first-order valence-electron chi connectivity index (χ1n) is 8.90. The first kappa shape index (κ1) is 18.8. The molecule has 0 spiro atoms. The third-order valence-electron chi connectivity index (χ3n) is 4.25. The van der Waals surface area contributed by atoms with E-state index in [0.717, 1.165) is 0 Å². The maximum absolute atomic E-state index is 12.7. The summed E-state index contributed by atoms with van der Waals surface area (Å²) < 4.78 is 38.7. The molecule has 0 bridgehead atoms. The summed E-state index contributed by atoms with van der Waals surface area (Å²) in [6.45, 7) is 0.804. The summed E-state index contributed by atoms with van der Waals surface area (Å²) in [7, 11) is -3.81. The van der Waals surface area contributed by atoms with Crippen molar-refractivity contribution in [1.82, 2.24) is 0 Å². The fourth-order valence-electron chi connectivity index (χ4n) is 2.82. The maximum atomic E-state index is 12.7. The zero-order valence-electron chi connectivity index (χ0n) is 15.3. The van der Waals surface area contributed by atoms with Crippen LogP contribution < -0.4 is 19.5 Å². The van der Waals surface area contributed by atoms with Gasteiger partial charge < -0.3 is 14.8 Å². The highest BCUT2D eigenvalue weighted by atomic mass is 32.2. The Morgan fingerprint density at radius 1 is 0.793 bits per heavy atom. The fraction of sp³-hybridized carbons (Fsp3) is 0.0952. The minimum Gasteiger partial charge on any atom is -0.486 e. The van der Waals surface area contributed by atoms with E-state index in [0.29, 0.717) is 41.7 Å². The van der Waals surface area contributed by atoms with Crippen molar-refractivity contribution in [2.45, 2.75) is 4.90 Å². The van der Waals surface area contributed by atoms with Gasteiger partial charge in [0.25, 0.3) is 15.9 Å². The number of para-hydroxylation sites is 1. The van der Waals surface area contributed by atoms with Crippen LogP contribution in [0.5, 0.6) is 11.5 Å². The first-order chi connectivity index (χ1) is 14.0. The lowest BCUT2D eigenvalue weighted by Crippen LogP contribution is -2.17. The van der Waals surface area contributed by atoms with Crippen LogP contribution in [0.1, 0.15) is 10.4 Å². The summed E-state index contributed by atoms with van der Waals surface area (Å²) in [5.74, 6) is 0.633. The Kier molecular flexibility index (Phi) is 5.09. The van der Waals surface area contributed by atoms with Gasteiger partial charge in [-0.15, -0.1) is 0 Å². The van der Waals surface area contributed by atoms with Crippen molar-refractivity contribution in [3.05, 3.63) is 78.4 Å². The van der Waals surface area contributed by atoms with Crippen molar-refractivity contribution < 1.29 is 22.7 Å². The normalized spacial score (nSPS) is 12.8. The Morgan fingerprint density at radius 3 is 2.21 bits per heavy atom. The molecule has 0 unspecified atom stereocenters. The fourth-order valence-corrected chi connectivity index (χ4v) is 3.89. The van der Waals surface area contributed by atoms with Gasteiger partial charge in [0, 0.05) is 23.0 Å². The molecule has 148 valence electrons. The van der Waals surface area contributed by atoms with Gasteiger partial charge in [0.15, 0.2) is 11.5 Å². The molecule has 0 aliphatic carbocycles. The van der Waals surface area contributed by atoms with Gasteiger partial charge in [0.05, 0.1) is 4.90 Å². The van der Waals surface area contributed by atoms with Gasteiger partial charge in [-0.25, -0.2) is 8.42 Å². The first-order valence-corrected chi connectivity index (χ1v) is 10.4. The summed E-state index contributed by atoms with van der Waals surface area (Å²) in [6.07, 6.45) is 0. The van der Waals surface area contributed by atoms with E-state index in [1.54, 1.807) is 30.3 Å².